The molecule has 0 bridgehead atoms. The van der Waals surface area contributed by atoms with Crippen molar-refractivity contribution in [1.82, 2.24) is 9.80 Å². The van der Waals surface area contributed by atoms with E-state index in [0.29, 0.717) is 33.0 Å². The summed E-state index contributed by atoms with van der Waals surface area (Å²) in [6.45, 7) is 14.5. The standard InChI is InChI=1S/C24H32N2O6Si3/c1-9-33(3,4)31-35(7,8)32-34(5,6)14-26-23(29)17-12-10-15-19-16(22(28)25(2)21(15)27)11-13-18(20(17)19)24(26)30/h10-13H,9,14H2,1-8H3. The molecule has 0 atom stereocenters. The van der Waals surface area contributed by atoms with E-state index in [0.717, 1.165) is 10.9 Å². The molecule has 0 N–H and O–H groups in total. The molecule has 4 amide bonds. The molecule has 35 heavy (non-hydrogen) atoms. The quantitative estimate of drug-likeness (QED) is 0.391. The summed E-state index contributed by atoms with van der Waals surface area (Å²) in [6.07, 6.45) is 0.184. The zero-order valence-corrected chi connectivity index (χ0v) is 24.6. The minimum atomic E-state index is -2.55. The van der Waals surface area contributed by atoms with Crippen LogP contribution >= 0.6 is 0 Å². The van der Waals surface area contributed by atoms with Gasteiger partial charge in [-0.05, 0) is 69.6 Å². The maximum atomic E-state index is 13.6. The average molecular weight is 529 g/mol. The van der Waals surface area contributed by atoms with Crippen LogP contribution in [0.4, 0.5) is 0 Å². The molecule has 0 spiro atoms. The van der Waals surface area contributed by atoms with E-state index in [9.17, 15) is 19.2 Å². The summed E-state index contributed by atoms with van der Waals surface area (Å²) in [5.74, 6) is -1.75. The number of rotatable bonds is 7. The molecule has 2 aliphatic heterocycles. The molecule has 0 saturated carbocycles. The van der Waals surface area contributed by atoms with Crippen molar-refractivity contribution in [3.63, 3.8) is 0 Å². The molecule has 0 radical (unpaired) electrons. The maximum absolute atomic E-state index is 13.6. The minimum absolute atomic E-state index is 0.184. The Morgan fingerprint density at radius 2 is 1.03 bits per heavy atom. The van der Waals surface area contributed by atoms with Crippen molar-refractivity contribution in [2.45, 2.75) is 52.2 Å². The highest BCUT2D eigenvalue weighted by molar-refractivity contribution is 6.88. The number of amides is 4. The molecule has 0 aliphatic carbocycles. The van der Waals surface area contributed by atoms with E-state index in [-0.39, 0.29) is 6.17 Å². The van der Waals surface area contributed by atoms with Gasteiger partial charge < -0.3 is 8.23 Å². The zero-order valence-electron chi connectivity index (χ0n) is 21.6. The van der Waals surface area contributed by atoms with Gasteiger partial charge in [0.1, 0.15) is 0 Å². The lowest BCUT2D eigenvalue weighted by Gasteiger charge is -2.40. The van der Waals surface area contributed by atoms with Crippen LogP contribution in [0.15, 0.2) is 24.3 Å². The fraction of sp³-hybridized carbons (Fsp3) is 0.417. The molecule has 0 fully saturated rings. The van der Waals surface area contributed by atoms with Crippen LogP contribution in [0.3, 0.4) is 0 Å². The van der Waals surface area contributed by atoms with E-state index in [2.05, 4.69) is 20.0 Å². The molecule has 0 unspecified atom stereocenters. The third-order valence-electron chi connectivity index (χ3n) is 6.62. The maximum Gasteiger partial charge on any atom is 0.311 e. The van der Waals surface area contributed by atoms with Crippen molar-refractivity contribution in [1.29, 1.82) is 0 Å². The van der Waals surface area contributed by atoms with Crippen molar-refractivity contribution in [3.8, 4) is 0 Å². The van der Waals surface area contributed by atoms with Crippen LogP contribution in [0, 0.1) is 0 Å². The second-order valence-electron chi connectivity index (χ2n) is 10.9. The van der Waals surface area contributed by atoms with Crippen LogP contribution in [0.2, 0.25) is 45.3 Å². The number of carbonyl (C=O) groups excluding carboxylic acids is 4. The lowest BCUT2D eigenvalue weighted by Crippen LogP contribution is -2.58. The normalized spacial score (nSPS) is 16.6. The SMILES string of the molecule is CC[Si](C)(C)O[Si](C)(C)O[Si](C)(C)CN1C(=O)c2ccc3c4c(ccc(c24)C1=O)C(=O)N(C)C3=O. The van der Waals surface area contributed by atoms with Gasteiger partial charge in [0.05, 0.1) is 0 Å². The number of benzene rings is 2. The highest BCUT2D eigenvalue weighted by atomic mass is 28.5. The van der Waals surface area contributed by atoms with E-state index in [4.69, 9.17) is 8.23 Å². The molecular formula is C24H32N2O6Si3. The van der Waals surface area contributed by atoms with Crippen LogP contribution in [-0.2, 0) is 8.23 Å². The van der Waals surface area contributed by atoms with E-state index < -0.39 is 48.8 Å². The smallest absolute Gasteiger partial charge is 0.311 e. The second-order valence-corrected chi connectivity index (χ2v) is 23.4. The van der Waals surface area contributed by atoms with Gasteiger partial charge >= 0.3 is 8.56 Å². The van der Waals surface area contributed by atoms with Gasteiger partial charge in [0.2, 0.25) is 0 Å². The van der Waals surface area contributed by atoms with Crippen molar-refractivity contribution < 1.29 is 27.4 Å². The first-order valence-corrected chi connectivity index (χ1v) is 20.8. The van der Waals surface area contributed by atoms with Gasteiger partial charge in [-0.3, -0.25) is 29.0 Å². The van der Waals surface area contributed by atoms with Crippen LogP contribution in [0.1, 0.15) is 48.4 Å². The Bertz CT molecular complexity index is 1230. The Morgan fingerprint density at radius 1 is 0.657 bits per heavy atom. The van der Waals surface area contributed by atoms with E-state index in [1.807, 2.05) is 26.2 Å². The Kier molecular flexibility index (Phi) is 6.08. The largest absolute Gasteiger partial charge is 0.437 e. The first-order chi connectivity index (χ1) is 16.1. The van der Waals surface area contributed by atoms with Crippen LogP contribution < -0.4 is 0 Å². The number of hydrogen-bond acceptors (Lipinski definition) is 6. The summed E-state index contributed by atoms with van der Waals surface area (Å²) in [6, 6.07) is 7.29. The Morgan fingerprint density at radius 3 is 1.43 bits per heavy atom. The molecule has 186 valence electrons. The van der Waals surface area contributed by atoms with E-state index in [1.54, 1.807) is 24.3 Å². The third kappa shape index (κ3) is 4.35. The zero-order chi connectivity index (χ0) is 26.1. The average Bonchev–Trinajstić information content (AvgIpc) is 2.75. The summed E-state index contributed by atoms with van der Waals surface area (Å²) in [5, 5.41) is 0.770. The topological polar surface area (TPSA) is 93.2 Å². The summed E-state index contributed by atoms with van der Waals surface area (Å²) in [7, 11) is -5.45. The highest BCUT2D eigenvalue weighted by Gasteiger charge is 2.44. The fourth-order valence-electron chi connectivity index (χ4n) is 5.03. The molecule has 2 aromatic carbocycles. The van der Waals surface area contributed by atoms with Crippen LogP contribution in [0.25, 0.3) is 10.8 Å². The molecule has 2 aliphatic rings. The summed E-state index contributed by atoms with van der Waals surface area (Å²) in [4.78, 5) is 54.9. The molecule has 2 heterocycles. The molecular weight excluding hydrogens is 497 g/mol. The van der Waals surface area contributed by atoms with E-state index in [1.165, 1.54) is 11.9 Å². The van der Waals surface area contributed by atoms with Gasteiger partial charge in [0.15, 0.2) is 16.6 Å². The Labute approximate surface area is 208 Å². The molecule has 0 saturated heterocycles. The predicted octanol–water partition coefficient (Wildman–Crippen LogP) is 4.37. The van der Waals surface area contributed by atoms with Gasteiger partial charge in [-0.15, -0.1) is 0 Å². The fourth-order valence-corrected chi connectivity index (χ4v) is 18.1. The number of imide groups is 2. The second kappa shape index (κ2) is 8.30. The number of nitrogens with zero attached hydrogens (tertiary/aromatic N) is 2. The van der Waals surface area contributed by atoms with Gasteiger partial charge in [-0.2, -0.15) is 0 Å². The molecule has 11 heteroatoms. The van der Waals surface area contributed by atoms with Crippen LogP contribution in [0.5, 0.6) is 0 Å². The summed E-state index contributed by atoms with van der Waals surface area (Å²) < 4.78 is 13.0. The number of carbonyl (C=O) groups is 4. The van der Waals surface area contributed by atoms with Crippen molar-refractivity contribution in [3.05, 3.63) is 46.5 Å². The lowest BCUT2D eigenvalue weighted by atomic mass is 9.86. The van der Waals surface area contributed by atoms with Gasteiger partial charge in [0.25, 0.3) is 23.6 Å². The first-order valence-electron chi connectivity index (χ1n) is 11.8. The molecule has 0 aromatic heterocycles. The van der Waals surface area contributed by atoms with Gasteiger partial charge in [-0.1, -0.05) is 6.92 Å². The van der Waals surface area contributed by atoms with E-state index >= 15 is 0 Å². The monoisotopic (exact) mass is 528 g/mol. The van der Waals surface area contributed by atoms with Crippen LogP contribution in [-0.4, -0.2) is 71.8 Å². The minimum Gasteiger partial charge on any atom is -0.437 e. The van der Waals surface area contributed by atoms with Crippen molar-refractivity contribution >= 4 is 59.6 Å². The summed E-state index contributed by atoms with van der Waals surface area (Å²) >= 11 is 0. The Balaban J connectivity index is 1.70. The van der Waals surface area contributed by atoms with Crippen molar-refractivity contribution in [2.24, 2.45) is 0 Å². The molecule has 4 rings (SSSR count). The Hall–Kier alpha value is -2.45. The third-order valence-corrected chi connectivity index (χ3v) is 17.8. The van der Waals surface area contributed by atoms with Gasteiger partial charge in [0, 0.05) is 46.2 Å². The highest BCUT2D eigenvalue weighted by Crippen LogP contribution is 2.38. The lowest BCUT2D eigenvalue weighted by molar-refractivity contribution is 0.0617. The molecule has 2 aromatic rings. The van der Waals surface area contributed by atoms with Gasteiger partial charge in [-0.25, -0.2) is 0 Å². The first kappa shape index (κ1) is 25.6. The number of hydrogen-bond donors (Lipinski definition) is 0. The predicted molar refractivity (Wildman–Crippen MR) is 141 cm³/mol. The summed E-state index contributed by atoms with van der Waals surface area (Å²) in [5.41, 5.74) is 1.29. The molecule has 8 nitrogen and oxygen atoms in total. The van der Waals surface area contributed by atoms with Crippen molar-refractivity contribution in [2.75, 3.05) is 13.2 Å².